The third-order valence-corrected chi connectivity index (χ3v) is 5.85. The van der Waals surface area contributed by atoms with E-state index in [2.05, 4.69) is 42.1 Å². The van der Waals surface area contributed by atoms with Crippen LogP contribution >= 0.6 is 0 Å². The summed E-state index contributed by atoms with van der Waals surface area (Å²) in [6.07, 6.45) is 5.07. The van der Waals surface area contributed by atoms with E-state index >= 15 is 0 Å². The Morgan fingerprint density at radius 2 is 1.88 bits per heavy atom. The number of fused-ring (bicyclic) bond motifs is 1. The predicted octanol–water partition coefficient (Wildman–Crippen LogP) is 2.26. The molecule has 0 saturated carbocycles. The number of nitrogens with one attached hydrogen (secondary N) is 2. The number of morpholine rings is 1. The maximum atomic E-state index is 10.9. The Hall–Kier alpha value is -3.38. The van der Waals surface area contributed by atoms with Crippen LogP contribution in [0.1, 0.15) is 5.56 Å². The average molecular weight is 465 g/mol. The van der Waals surface area contributed by atoms with Crippen molar-refractivity contribution < 1.29 is 13.5 Å². The second-order valence-electron chi connectivity index (χ2n) is 7.50. The van der Waals surface area contributed by atoms with Gasteiger partial charge in [-0.3, -0.25) is 9.19 Å². The summed E-state index contributed by atoms with van der Waals surface area (Å²) in [5.74, 6) is 0.447. The fourth-order valence-electron chi connectivity index (χ4n) is 3.81. The first-order valence-electron chi connectivity index (χ1n) is 10.5. The van der Waals surface area contributed by atoms with E-state index in [9.17, 15) is 8.76 Å². The van der Waals surface area contributed by atoms with Crippen molar-refractivity contribution >= 4 is 34.1 Å². The fourth-order valence-corrected chi connectivity index (χ4v) is 4.09. The molecule has 4 aromatic rings. The van der Waals surface area contributed by atoms with Crippen molar-refractivity contribution in [1.82, 2.24) is 24.3 Å². The summed E-state index contributed by atoms with van der Waals surface area (Å²) in [7, 11) is 0. The van der Waals surface area contributed by atoms with Gasteiger partial charge in [0.2, 0.25) is 5.95 Å². The second kappa shape index (κ2) is 9.63. The van der Waals surface area contributed by atoms with Crippen molar-refractivity contribution in [3.63, 3.8) is 0 Å². The van der Waals surface area contributed by atoms with E-state index in [-0.39, 0.29) is 6.54 Å². The SMILES string of the molecule is O=S([O-])NCc1ccncc1-c1ccc2cnc(Nc3ccc(N4CCOCC4)cc3)nn12. The Labute approximate surface area is 193 Å². The van der Waals surface area contributed by atoms with Gasteiger partial charge in [0.25, 0.3) is 0 Å². The maximum absolute atomic E-state index is 10.9. The van der Waals surface area contributed by atoms with Gasteiger partial charge in [0.05, 0.1) is 30.6 Å². The topological polar surface area (TPSA) is 120 Å². The number of ether oxygens (including phenoxy) is 1. The number of nitrogens with zero attached hydrogens (tertiary/aromatic N) is 5. The molecule has 1 atom stereocenters. The zero-order valence-corrected chi connectivity index (χ0v) is 18.5. The molecule has 4 heterocycles. The third kappa shape index (κ3) is 4.86. The summed E-state index contributed by atoms with van der Waals surface area (Å²) in [6.45, 7) is 3.43. The zero-order chi connectivity index (χ0) is 22.6. The van der Waals surface area contributed by atoms with E-state index in [1.807, 2.05) is 24.3 Å². The van der Waals surface area contributed by atoms with Gasteiger partial charge in [0, 0.05) is 60.2 Å². The second-order valence-corrected chi connectivity index (χ2v) is 8.26. The van der Waals surface area contributed by atoms with E-state index in [1.165, 1.54) is 0 Å². The van der Waals surface area contributed by atoms with Crippen molar-refractivity contribution in [3.8, 4) is 11.3 Å². The van der Waals surface area contributed by atoms with Crippen molar-refractivity contribution in [2.75, 3.05) is 36.5 Å². The van der Waals surface area contributed by atoms with Crippen LogP contribution in [0.3, 0.4) is 0 Å². The highest BCUT2D eigenvalue weighted by Gasteiger charge is 2.13. The summed E-state index contributed by atoms with van der Waals surface area (Å²) >= 11 is -2.35. The summed E-state index contributed by atoms with van der Waals surface area (Å²) in [5.41, 5.74) is 5.22. The van der Waals surface area contributed by atoms with E-state index in [0.717, 1.165) is 60.0 Å². The van der Waals surface area contributed by atoms with E-state index in [4.69, 9.17) is 4.74 Å². The van der Waals surface area contributed by atoms with Crippen molar-refractivity contribution in [3.05, 3.63) is 66.6 Å². The molecular formula is C22H22N7O3S-. The average Bonchev–Trinajstić information content (AvgIpc) is 3.27. The van der Waals surface area contributed by atoms with Gasteiger partial charge in [-0.15, -0.1) is 5.10 Å². The first-order chi connectivity index (χ1) is 16.2. The molecule has 11 heteroatoms. The Kier molecular flexibility index (Phi) is 6.26. The number of aromatic nitrogens is 4. The Morgan fingerprint density at radius 1 is 1.06 bits per heavy atom. The molecule has 5 rings (SSSR count). The van der Waals surface area contributed by atoms with Crippen LogP contribution in [0.2, 0.25) is 0 Å². The van der Waals surface area contributed by atoms with Gasteiger partial charge in [0.15, 0.2) is 0 Å². The first-order valence-corrected chi connectivity index (χ1v) is 11.6. The van der Waals surface area contributed by atoms with E-state index in [0.29, 0.717) is 5.95 Å². The molecule has 2 N–H and O–H groups in total. The number of pyridine rings is 1. The molecule has 1 fully saturated rings. The number of anilines is 3. The van der Waals surface area contributed by atoms with Crippen LogP contribution < -0.4 is 14.9 Å². The highest BCUT2D eigenvalue weighted by Crippen LogP contribution is 2.26. The van der Waals surface area contributed by atoms with Gasteiger partial charge in [-0.2, -0.15) is 0 Å². The Morgan fingerprint density at radius 3 is 2.67 bits per heavy atom. The minimum absolute atomic E-state index is 0.160. The van der Waals surface area contributed by atoms with E-state index in [1.54, 1.807) is 29.2 Å². The van der Waals surface area contributed by atoms with Gasteiger partial charge in [-0.25, -0.2) is 14.2 Å². The highest BCUT2D eigenvalue weighted by molar-refractivity contribution is 7.77. The molecule has 170 valence electrons. The molecule has 10 nitrogen and oxygen atoms in total. The molecule has 0 spiro atoms. The van der Waals surface area contributed by atoms with Gasteiger partial charge >= 0.3 is 0 Å². The van der Waals surface area contributed by atoms with Crippen molar-refractivity contribution in [2.24, 2.45) is 0 Å². The van der Waals surface area contributed by atoms with Gasteiger partial charge in [-0.05, 0) is 48.0 Å². The van der Waals surface area contributed by atoms with Gasteiger partial charge in [-0.1, -0.05) is 0 Å². The summed E-state index contributed by atoms with van der Waals surface area (Å²) in [5, 5.41) is 7.91. The highest BCUT2D eigenvalue weighted by atomic mass is 32.2. The summed E-state index contributed by atoms with van der Waals surface area (Å²) in [6, 6.07) is 13.8. The molecule has 1 saturated heterocycles. The minimum Gasteiger partial charge on any atom is -0.760 e. The Balaban J connectivity index is 1.39. The molecule has 1 aromatic carbocycles. The standard InChI is InChI=1S/C22H23N7O3S/c30-33(31)25-13-16-7-8-23-15-20(16)21-6-5-19-14-24-22(27-29(19)21)26-17-1-3-18(4-2-17)28-9-11-32-12-10-28/h1-8,14-15,25H,9-13H2,(H,26,27)(H,30,31)/p-1. The number of hydrogen-bond acceptors (Lipinski definition) is 8. The fraction of sp³-hybridized carbons (Fsp3) is 0.227. The molecule has 0 bridgehead atoms. The first kappa shape index (κ1) is 21.5. The number of benzene rings is 1. The largest absolute Gasteiger partial charge is 0.760 e. The molecule has 0 aliphatic carbocycles. The minimum atomic E-state index is -2.35. The molecule has 0 amide bonds. The Bertz CT molecular complexity index is 1270. The number of rotatable bonds is 7. The molecule has 1 unspecified atom stereocenters. The maximum Gasteiger partial charge on any atom is 0.245 e. The molecule has 1 aliphatic rings. The van der Waals surface area contributed by atoms with Crippen molar-refractivity contribution in [2.45, 2.75) is 6.54 Å². The molecule has 3 aromatic heterocycles. The quantitative estimate of drug-likeness (QED) is 0.400. The van der Waals surface area contributed by atoms with Crippen molar-refractivity contribution in [1.29, 1.82) is 0 Å². The van der Waals surface area contributed by atoms with Crippen LogP contribution in [-0.4, -0.2) is 54.6 Å². The lowest BCUT2D eigenvalue weighted by molar-refractivity contribution is 0.122. The predicted molar refractivity (Wildman–Crippen MR) is 125 cm³/mol. The normalized spacial score (nSPS) is 15.0. The number of hydrogen-bond donors (Lipinski definition) is 2. The van der Waals surface area contributed by atoms with Gasteiger partial charge < -0.3 is 19.5 Å². The summed E-state index contributed by atoms with van der Waals surface area (Å²) < 4.78 is 31.5. The lowest BCUT2D eigenvalue weighted by Crippen LogP contribution is -2.36. The van der Waals surface area contributed by atoms with Crippen LogP contribution in [-0.2, 0) is 22.5 Å². The zero-order valence-electron chi connectivity index (χ0n) is 17.7. The molecule has 0 radical (unpaired) electrons. The monoisotopic (exact) mass is 464 g/mol. The van der Waals surface area contributed by atoms with E-state index < -0.39 is 11.3 Å². The molecule has 1 aliphatic heterocycles. The van der Waals surface area contributed by atoms with Crippen LogP contribution in [0.15, 0.2) is 61.1 Å². The smallest absolute Gasteiger partial charge is 0.245 e. The third-order valence-electron chi connectivity index (χ3n) is 5.47. The summed E-state index contributed by atoms with van der Waals surface area (Å²) in [4.78, 5) is 10.9. The molecular weight excluding hydrogens is 442 g/mol. The van der Waals surface area contributed by atoms with Crippen LogP contribution in [0.25, 0.3) is 16.8 Å². The van der Waals surface area contributed by atoms with Crippen LogP contribution in [0.4, 0.5) is 17.3 Å². The lowest BCUT2D eigenvalue weighted by atomic mass is 10.1. The lowest BCUT2D eigenvalue weighted by Gasteiger charge is -2.28. The van der Waals surface area contributed by atoms with Crippen LogP contribution in [0, 0.1) is 0 Å². The van der Waals surface area contributed by atoms with Gasteiger partial charge in [0.1, 0.15) is 0 Å². The molecule has 33 heavy (non-hydrogen) atoms. The van der Waals surface area contributed by atoms with Crippen LogP contribution in [0.5, 0.6) is 0 Å².